The van der Waals surface area contributed by atoms with E-state index in [4.69, 9.17) is 11.6 Å². The summed E-state index contributed by atoms with van der Waals surface area (Å²) in [5.41, 5.74) is 3.81. The Hall–Kier alpha value is -2.08. The van der Waals surface area contributed by atoms with Gasteiger partial charge >= 0.3 is 0 Å². The third-order valence-corrected chi connectivity index (χ3v) is 4.90. The molecule has 2 aromatic rings. The van der Waals surface area contributed by atoms with Gasteiger partial charge in [0.05, 0.1) is 11.3 Å². The highest BCUT2D eigenvalue weighted by Crippen LogP contribution is 2.35. The molecule has 0 saturated carbocycles. The largest absolute Gasteiger partial charge is 0.364 e. The molecule has 1 N–H and O–H groups in total. The first-order chi connectivity index (χ1) is 11.1. The van der Waals surface area contributed by atoms with Crippen LogP contribution < -0.4 is 5.56 Å². The Morgan fingerprint density at radius 1 is 1.21 bits per heavy atom. The van der Waals surface area contributed by atoms with Crippen molar-refractivity contribution < 1.29 is 0 Å². The summed E-state index contributed by atoms with van der Waals surface area (Å²) in [7, 11) is 0. The second-order valence-electron chi connectivity index (χ2n) is 5.22. The second kappa shape index (κ2) is 6.43. The van der Waals surface area contributed by atoms with E-state index in [-0.39, 0.29) is 18.0 Å². The highest BCUT2D eigenvalue weighted by Gasteiger charge is 2.22. The lowest BCUT2D eigenvalue weighted by molar-refractivity contribution is 0.858. The first-order valence-corrected chi connectivity index (χ1v) is 8.32. The minimum Gasteiger partial charge on any atom is -0.364 e. The highest BCUT2D eigenvalue weighted by molar-refractivity contribution is 7.13. The molecule has 0 amide bonds. The van der Waals surface area contributed by atoms with Crippen molar-refractivity contribution in [3.05, 3.63) is 69.0 Å². The summed E-state index contributed by atoms with van der Waals surface area (Å²) in [4.78, 5) is 17.0. The van der Waals surface area contributed by atoms with Gasteiger partial charge in [-0.05, 0) is 42.6 Å². The van der Waals surface area contributed by atoms with Crippen LogP contribution in [-0.4, -0.2) is 14.8 Å². The van der Waals surface area contributed by atoms with Crippen molar-refractivity contribution in [1.82, 2.24) is 14.8 Å². The predicted molar refractivity (Wildman–Crippen MR) is 101 cm³/mol. The summed E-state index contributed by atoms with van der Waals surface area (Å²) < 4.78 is 1.42. The Balaban J connectivity index is 0.00000169. The summed E-state index contributed by atoms with van der Waals surface area (Å²) in [5, 5.41) is 7.22. The molecule has 0 unspecified atom stereocenters. The molecule has 2 aliphatic heterocycles. The van der Waals surface area contributed by atoms with Crippen molar-refractivity contribution in [2.45, 2.75) is 6.92 Å². The van der Waals surface area contributed by atoms with Crippen LogP contribution in [0.15, 0.2) is 52.8 Å². The number of pyridine rings is 1. The van der Waals surface area contributed by atoms with Crippen LogP contribution in [0.1, 0.15) is 5.69 Å². The Morgan fingerprint density at radius 2 is 1.96 bits per heavy atom. The minimum atomic E-state index is -0.142. The van der Waals surface area contributed by atoms with Gasteiger partial charge < -0.3 is 4.98 Å². The third kappa shape index (κ3) is 2.65. The highest BCUT2D eigenvalue weighted by atomic mass is 35.5. The number of hydrogen-bond acceptors (Lipinski definition) is 3. The molecule has 122 valence electrons. The maximum absolute atomic E-state index is 12.7. The fraction of sp³-hybridized carbons (Fsp3) is 0.0588. The van der Waals surface area contributed by atoms with Gasteiger partial charge in [-0.15, -0.1) is 23.7 Å². The number of aromatic nitrogens is 3. The van der Waals surface area contributed by atoms with Crippen LogP contribution >= 0.6 is 35.3 Å². The van der Waals surface area contributed by atoms with Crippen molar-refractivity contribution in [3.63, 3.8) is 0 Å². The Kier molecular flexibility index (Phi) is 4.49. The van der Waals surface area contributed by atoms with E-state index in [1.54, 1.807) is 41.8 Å². The molecule has 24 heavy (non-hydrogen) atoms. The molecule has 1 aromatic carbocycles. The molecule has 4 nitrogen and oxygen atoms in total. The molecule has 0 aliphatic carbocycles. The van der Waals surface area contributed by atoms with Crippen molar-refractivity contribution in [3.8, 4) is 27.4 Å². The maximum Gasteiger partial charge on any atom is 0.282 e. The summed E-state index contributed by atoms with van der Waals surface area (Å²) in [6.45, 7) is 1.99. The van der Waals surface area contributed by atoms with Crippen LogP contribution in [0.5, 0.6) is 0 Å². The van der Waals surface area contributed by atoms with E-state index < -0.39 is 0 Å². The topological polar surface area (TPSA) is 50.7 Å². The van der Waals surface area contributed by atoms with Crippen molar-refractivity contribution in [2.75, 3.05) is 0 Å². The fourth-order valence-corrected chi connectivity index (χ4v) is 3.59. The first kappa shape index (κ1) is 16.8. The number of hydrogen-bond donors (Lipinski definition) is 1. The van der Waals surface area contributed by atoms with Crippen LogP contribution in [0.25, 0.3) is 27.4 Å². The molecule has 0 spiro atoms. The lowest BCUT2D eigenvalue weighted by Crippen LogP contribution is -2.14. The van der Waals surface area contributed by atoms with Crippen LogP contribution in [0.3, 0.4) is 0 Å². The molecule has 3 heterocycles. The molecule has 7 heteroatoms. The zero-order valence-electron chi connectivity index (χ0n) is 12.6. The van der Waals surface area contributed by atoms with E-state index in [1.165, 1.54) is 4.68 Å². The number of fused-ring (bicyclic) bond motifs is 1. The lowest BCUT2D eigenvalue weighted by atomic mass is 10.1. The molecular weight excluding hydrogens is 365 g/mol. The molecule has 0 atom stereocenters. The van der Waals surface area contributed by atoms with Gasteiger partial charge in [0.15, 0.2) is 0 Å². The summed E-state index contributed by atoms with van der Waals surface area (Å²) >= 11 is 7.55. The van der Waals surface area contributed by atoms with Gasteiger partial charge in [0, 0.05) is 27.4 Å². The van der Waals surface area contributed by atoms with E-state index in [0.717, 1.165) is 16.1 Å². The van der Waals surface area contributed by atoms with Gasteiger partial charge in [-0.2, -0.15) is 9.78 Å². The summed E-state index contributed by atoms with van der Waals surface area (Å²) in [6, 6.07) is 11.1. The van der Waals surface area contributed by atoms with Crippen molar-refractivity contribution in [2.24, 2.45) is 0 Å². The average Bonchev–Trinajstić information content (AvgIpc) is 3.17. The number of thiophene rings is 1. The Labute approximate surface area is 153 Å². The van der Waals surface area contributed by atoms with Gasteiger partial charge in [0.2, 0.25) is 0 Å². The number of halogens is 2. The zero-order valence-corrected chi connectivity index (χ0v) is 15.0. The second-order valence-corrected chi connectivity index (χ2v) is 6.61. The Morgan fingerprint density at radius 3 is 2.62 bits per heavy atom. The summed E-state index contributed by atoms with van der Waals surface area (Å²) in [5.74, 6) is 0. The number of rotatable bonds is 2. The smallest absolute Gasteiger partial charge is 0.282 e. The molecule has 0 radical (unpaired) electrons. The molecule has 0 saturated heterocycles. The van der Waals surface area contributed by atoms with E-state index in [9.17, 15) is 4.79 Å². The van der Waals surface area contributed by atoms with E-state index in [2.05, 4.69) is 10.1 Å². The summed E-state index contributed by atoms with van der Waals surface area (Å²) in [6.07, 6.45) is 1.73. The van der Waals surface area contributed by atoms with E-state index >= 15 is 0 Å². The van der Waals surface area contributed by atoms with Gasteiger partial charge in [-0.1, -0.05) is 17.7 Å². The average molecular weight is 378 g/mol. The van der Waals surface area contributed by atoms with Crippen LogP contribution in [0.2, 0.25) is 5.02 Å². The number of H-pyrrole nitrogens is 1. The first-order valence-electron chi connectivity index (χ1n) is 7.06. The number of nitrogens with one attached hydrogen (secondary N) is 1. The van der Waals surface area contributed by atoms with Crippen molar-refractivity contribution >= 4 is 35.3 Å². The monoisotopic (exact) mass is 377 g/mol. The van der Waals surface area contributed by atoms with Crippen LogP contribution in [-0.2, 0) is 0 Å². The molecular formula is C17H13Cl2N3OS. The van der Waals surface area contributed by atoms with Gasteiger partial charge in [-0.3, -0.25) is 4.79 Å². The minimum absolute atomic E-state index is 0. The number of aromatic amines is 1. The number of aryl methyl sites for hydroxylation is 1. The van der Waals surface area contributed by atoms with Crippen LogP contribution in [0, 0.1) is 6.92 Å². The van der Waals surface area contributed by atoms with Gasteiger partial charge in [0.1, 0.15) is 5.69 Å². The molecule has 2 aliphatic rings. The Bertz CT molecular complexity index is 1000. The standard InChI is InChI=1S/C17H12ClN3OS.ClH/c1-10-15(14-3-2-8-23-14)16-13(9-19-10)17(22)21(20-16)12-6-4-11(18)5-7-12;/h2-9,19H,1H3;1H. The molecule has 0 fully saturated rings. The molecule has 1 aromatic heterocycles. The van der Waals surface area contributed by atoms with Crippen molar-refractivity contribution in [1.29, 1.82) is 0 Å². The third-order valence-electron chi connectivity index (χ3n) is 3.76. The normalized spacial score (nSPS) is 10.8. The van der Waals surface area contributed by atoms with E-state index in [1.807, 2.05) is 24.4 Å². The molecule has 4 rings (SSSR count). The zero-order chi connectivity index (χ0) is 16.0. The van der Waals surface area contributed by atoms with Crippen LogP contribution in [0.4, 0.5) is 0 Å². The predicted octanol–water partition coefficient (Wildman–Crippen LogP) is 4.78. The quantitative estimate of drug-likeness (QED) is 0.546. The SMILES string of the molecule is Cc1[nH]cc2c(=O)n(-c3ccc(Cl)cc3)nc-2c1-c1cccs1.Cl. The van der Waals surface area contributed by atoms with Gasteiger partial charge in [-0.25, -0.2) is 0 Å². The number of benzene rings is 1. The fourth-order valence-electron chi connectivity index (χ4n) is 2.64. The number of nitrogens with zero attached hydrogens (tertiary/aromatic N) is 2. The van der Waals surface area contributed by atoms with Gasteiger partial charge in [0.25, 0.3) is 5.56 Å². The van der Waals surface area contributed by atoms with E-state index in [0.29, 0.717) is 22.0 Å². The lowest BCUT2D eigenvalue weighted by Gasteiger charge is -2.07. The molecule has 0 bridgehead atoms. The maximum atomic E-state index is 12.7.